The Hall–Kier alpha value is -2.31. The second-order valence-corrected chi connectivity index (χ2v) is 7.22. The maximum atomic E-state index is 12.6. The molecule has 7 heteroatoms. The summed E-state index contributed by atoms with van der Waals surface area (Å²) >= 11 is 7.69. The highest BCUT2D eigenvalue weighted by molar-refractivity contribution is 7.22. The van der Waals surface area contributed by atoms with Crippen molar-refractivity contribution >= 4 is 44.2 Å². The van der Waals surface area contributed by atoms with Gasteiger partial charge in [-0.1, -0.05) is 29.0 Å². The van der Waals surface area contributed by atoms with Crippen LogP contribution in [-0.4, -0.2) is 24.1 Å². The van der Waals surface area contributed by atoms with Crippen LogP contribution in [0.25, 0.3) is 10.2 Å². The molecule has 0 saturated carbocycles. The molecule has 1 aromatic heterocycles. The second-order valence-electron chi connectivity index (χ2n) is 5.78. The molecule has 3 aromatic rings. The van der Waals surface area contributed by atoms with E-state index in [1.165, 1.54) is 11.3 Å². The predicted octanol–water partition coefficient (Wildman–Crippen LogP) is 4.67. The van der Waals surface area contributed by atoms with Gasteiger partial charge in [-0.05, 0) is 36.8 Å². The van der Waals surface area contributed by atoms with Crippen LogP contribution < -0.4 is 14.8 Å². The van der Waals surface area contributed by atoms with Gasteiger partial charge in [-0.15, -0.1) is 0 Å². The monoisotopic (exact) mass is 374 g/mol. The van der Waals surface area contributed by atoms with Crippen molar-refractivity contribution in [3.63, 3.8) is 0 Å². The minimum absolute atomic E-state index is 0.284. The van der Waals surface area contributed by atoms with Crippen molar-refractivity contribution < 1.29 is 14.3 Å². The molecule has 25 heavy (non-hydrogen) atoms. The maximum absolute atomic E-state index is 12.6. The highest BCUT2D eigenvalue weighted by atomic mass is 35.5. The lowest BCUT2D eigenvalue weighted by molar-refractivity contribution is 0.102. The molecular weight excluding hydrogens is 360 g/mol. The van der Waals surface area contributed by atoms with Crippen LogP contribution in [0.3, 0.4) is 0 Å². The number of carbonyl (C=O) groups is 1. The standard InChI is InChI=1S/C18H15ClN2O3S/c1-10-3-4-13-15(7-10)25-18(20-13)21-17(22)11-8-12(19)16-14(9-11)23-5-2-6-24-16/h3-4,7-9H,2,5-6H2,1H3,(H,20,21,22). The number of rotatable bonds is 2. The summed E-state index contributed by atoms with van der Waals surface area (Å²) in [6.07, 6.45) is 0.775. The molecule has 1 amide bonds. The van der Waals surface area contributed by atoms with E-state index in [1.807, 2.05) is 25.1 Å². The van der Waals surface area contributed by atoms with E-state index in [0.29, 0.717) is 40.4 Å². The van der Waals surface area contributed by atoms with Gasteiger partial charge < -0.3 is 9.47 Å². The zero-order chi connectivity index (χ0) is 17.4. The van der Waals surface area contributed by atoms with Crippen LogP contribution in [0.15, 0.2) is 30.3 Å². The van der Waals surface area contributed by atoms with Crippen molar-refractivity contribution in [1.29, 1.82) is 0 Å². The van der Waals surface area contributed by atoms with Gasteiger partial charge in [0, 0.05) is 12.0 Å². The lowest BCUT2D eigenvalue weighted by Gasteiger charge is -2.11. The van der Waals surface area contributed by atoms with Crippen molar-refractivity contribution in [3.05, 3.63) is 46.5 Å². The fourth-order valence-electron chi connectivity index (χ4n) is 2.62. The number of anilines is 1. The zero-order valence-electron chi connectivity index (χ0n) is 13.5. The van der Waals surface area contributed by atoms with Gasteiger partial charge in [0.15, 0.2) is 16.6 Å². The SMILES string of the molecule is Cc1ccc2nc(NC(=O)c3cc(Cl)c4c(c3)OCCCO4)sc2c1. The van der Waals surface area contributed by atoms with Crippen LogP contribution in [0.1, 0.15) is 22.3 Å². The molecule has 0 spiro atoms. The smallest absolute Gasteiger partial charge is 0.257 e. The van der Waals surface area contributed by atoms with Crippen molar-refractivity contribution in [3.8, 4) is 11.5 Å². The van der Waals surface area contributed by atoms with Gasteiger partial charge >= 0.3 is 0 Å². The minimum atomic E-state index is -0.284. The first-order valence-corrected chi connectivity index (χ1v) is 9.07. The quantitative estimate of drug-likeness (QED) is 0.708. The number of fused-ring (bicyclic) bond motifs is 2. The van der Waals surface area contributed by atoms with Crippen LogP contribution in [0.4, 0.5) is 5.13 Å². The molecule has 0 saturated heterocycles. The molecule has 0 unspecified atom stereocenters. The Morgan fingerprint density at radius 3 is 2.96 bits per heavy atom. The fraction of sp³-hybridized carbons (Fsp3) is 0.222. The summed E-state index contributed by atoms with van der Waals surface area (Å²) in [5.74, 6) is 0.703. The molecule has 1 aliphatic heterocycles. The first kappa shape index (κ1) is 16.2. The van der Waals surface area contributed by atoms with Gasteiger partial charge in [-0.2, -0.15) is 0 Å². The fourth-order valence-corrected chi connectivity index (χ4v) is 3.84. The van der Waals surface area contributed by atoms with Crippen LogP contribution in [-0.2, 0) is 0 Å². The Morgan fingerprint density at radius 1 is 1.24 bits per heavy atom. The van der Waals surface area contributed by atoms with Crippen LogP contribution >= 0.6 is 22.9 Å². The van der Waals surface area contributed by atoms with Crippen LogP contribution in [0.5, 0.6) is 11.5 Å². The molecular formula is C18H15ClN2O3S. The molecule has 4 rings (SSSR count). The van der Waals surface area contributed by atoms with Gasteiger partial charge in [0.1, 0.15) is 0 Å². The van der Waals surface area contributed by atoms with E-state index in [2.05, 4.69) is 10.3 Å². The summed E-state index contributed by atoms with van der Waals surface area (Å²) in [5, 5.41) is 3.75. The summed E-state index contributed by atoms with van der Waals surface area (Å²) in [6.45, 7) is 3.10. The van der Waals surface area contributed by atoms with Crippen molar-refractivity contribution in [2.45, 2.75) is 13.3 Å². The summed E-state index contributed by atoms with van der Waals surface area (Å²) in [5.41, 5.74) is 2.43. The van der Waals surface area contributed by atoms with Gasteiger partial charge in [0.05, 0.1) is 28.5 Å². The third-order valence-corrected chi connectivity index (χ3v) is 5.04. The number of carbonyl (C=O) groups excluding carboxylic acids is 1. The maximum Gasteiger partial charge on any atom is 0.257 e. The number of halogens is 1. The number of hydrogen-bond donors (Lipinski definition) is 1. The highest BCUT2D eigenvalue weighted by Gasteiger charge is 2.19. The van der Waals surface area contributed by atoms with Gasteiger partial charge in [-0.3, -0.25) is 10.1 Å². The normalized spacial score (nSPS) is 13.5. The Kier molecular flexibility index (Phi) is 4.23. The number of benzene rings is 2. The third-order valence-electron chi connectivity index (χ3n) is 3.83. The molecule has 0 bridgehead atoms. The van der Waals surface area contributed by atoms with Crippen LogP contribution in [0, 0.1) is 6.92 Å². The molecule has 5 nitrogen and oxygen atoms in total. The number of aromatic nitrogens is 1. The number of nitrogens with one attached hydrogen (secondary N) is 1. The van der Waals surface area contributed by atoms with E-state index in [9.17, 15) is 4.79 Å². The zero-order valence-corrected chi connectivity index (χ0v) is 15.0. The van der Waals surface area contributed by atoms with E-state index >= 15 is 0 Å². The molecule has 0 radical (unpaired) electrons. The Labute approximate surface area is 153 Å². The average Bonchev–Trinajstić information content (AvgIpc) is 2.81. The Morgan fingerprint density at radius 2 is 2.08 bits per heavy atom. The van der Waals surface area contributed by atoms with E-state index < -0.39 is 0 Å². The lowest BCUT2D eigenvalue weighted by atomic mass is 10.2. The second kappa shape index (κ2) is 6.54. The first-order valence-electron chi connectivity index (χ1n) is 7.88. The largest absolute Gasteiger partial charge is 0.489 e. The van der Waals surface area contributed by atoms with E-state index in [0.717, 1.165) is 22.2 Å². The van der Waals surface area contributed by atoms with Crippen molar-refractivity contribution in [2.75, 3.05) is 18.5 Å². The number of thiazole rings is 1. The number of nitrogens with zero attached hydrogens (tertiary/aromatic N) is 1. The number of amides is 1. The highest BCUT2D eigenvalue weighted by Crippen LogP contribution is 2.38. The van der Waals surface area contributed by atoms with E-state index in [4.69, 9.17) is 21.1 Å². The van der Waals surface area contributed by atoms with E-state index in [1.54, 1.807) is 12.1 Å². The van der Waals surface area contributed by atoms with Gasteiger partial charge in [0.25, 0.3) is 5.91 Å². The minimum Gasteiger partial charge on any atom is -0.489 e. The summed E-state index contributed by atoms with van der Waals surface area (Å²) < 4.78 is 12.2. The first-order chi connectivity index (χ1) is 12.1. The third kappa shape index (κ3) is 3.27. The number of ether oxygens (including phenoxy) is 2. The number of aryl methyl sites for hydroxylation is 1. The molecule has 128 valence electrons. The molecule has 2 aromatic carbocycles. The Bertz CT molecular complexity index is 970. The van der Waals surface area contributed by atoms with Crippen LogP contribution in [0.2, 0.25) is 5.02 Å². The average molecular weight is 375 g/mol. The molecule has 0 atom stereocenters. The molecule has 1 aliphatic rings. The molecule has 0 fully saturated rings. The summed E-state index contributed by atoms with van der Waals surface area (Å²) in [6, 6.07) is 9.23. The number of hydrogen-bond acceptors (Lipinski definition) is 5. The van der Waals surface area contributed by atoms with E-state index in [-0.39, 0.29) is 5.91 Å². The molecule has 1 N–H and O–H groups in total. The molecule has 0 aliphatic carbocycles. The van der Waals surface area contributed by atoms with Crippen molar-refractivity contribution in [2.24, 2.45) is 0 Å². The summed E-state index contributed by atoms with van der Waals surface area (Å²) in [4.78, 5) is 17.0. The molecule has 2 heterocycles. The summed E-state index contributed by atoms with van der Waals surface area (Å²) in [7, 11) is 0. The van der Waals surface area contributed by atoms with Crippen molar-refractivity contribution in [1.82, 2.24) is 4.98 Å². The van der Waals surface area contributed by atoms with Gasteiger partial charge in [0.2, 0.25) is 0 Å². The Balaban J connectivity index is 1.61. The predicted molar refractivity (Wildman–Crippen MR) is 99.4 cm³/mol. The lowest BCUT2D eigenvalue weighted by Crippen LogP contribution is -2.12. The topological polar surface area (TPSA) is 60.5 Å². The van der Waals surface area contributed by atoms with Gasteiger partial charge in [-0.25, -0.2) is 4.98 Å².